The molecule has 4 rings (SSSR count). The fraction of sp³-hybridized carbons (Fsp3) is 0.290. The molecule has 1 N–H and O–H groups in total. The summed E-state index contributed by atoms with van der Waals surface area (Å²) in [5.41, 5.74) is 2.88. The Morgan fingerprint density at radius 1 is 1.05 bits per heavy atom. The molecule has 0 radical (unpaired) electrons. The normalized spacial score (nSPS) is 12.1. The fourth-order valence-electron chi connectivity index (χ4n) is 4.92. The van der Waals surface area contributed by atoms with Gasteiger partial charge in [-0.2, -0.15) is 0 Å². The number of carbonyl (C=O) groups excluding carboxylic acids is 1. The summed E-state index contributed by atoms with van der Waals surface area (Å²) in [5, 5.41) is 14.5. The maximum atomic E-state index is 12.5. The lowest BCUT2D eigenvalue weighted by Crippen LogP contribution is -2.36. The summed E-state index contributed by atoms with van der Waals surface area (Å²) >= 11 is 0. The Morgan fingerprint density at radius 3 is 2.42 bits per heavy atom. The molecule has 40 heavy (non-hydrogen) atoms. The number of hydrogen-bond donors (Lipinski definition) is 1. The molecule has 0 bridgehead atoms. The number of carbonyl (C=O) groups is 1. The minimum absolute atomic E-state index is 0.0220. The molecule has 0 saturated carbocycles. The number of pyridine rings is 1. The van der Waals surface area contributed by atoms with Crippen molar-refractivity contribution in [2.75, 3.05) is 12.4 Å². The standard InChI is InChI=1S/C31H34N4O5/c1-30(2,3)20-31(4,5)33-29-28(32-26-9-7-8-18-34(26)29)22-13-16-24(25(19-22)39-6)40-27(36)17-12-21-10-14-23(15-11-21)35(37)38/h7-19,33H,20H2,1-6H3. The van der Waals surface area contributed by atoms with E-state index in [1.807, 2.05) is 34.9 Å². The molecule has 2 aromatic heterocycles. The summed E-state index contributed by atoms with van der Waals surface area (Å²) in [7, 11) is 1.51. The van der Waals surface area contributed by atoms with Crippen LogP contribution in [0.2, 0.25) is 0 Å². The number of esters is 1. The van der Waals surface area contributed by atoms with Gasteiger partial charge in [-0.15, -0.1) is 0 Å². The number of aromatic nitrogens is 2. The average Bonchev–Trinajstić information content (AvgIpc) is 3.24. The number of nitrogens with zero attached hydrogens (tertiary/aromatic N) is 3. The minimum Gasteiger partial charge on any atom is -0.493 e. The number of nitrogens with one attached hydrogen (secondary N) is 1. The molecule has 0 fully saturated rings. The minimum atomic E-state index is -0.608. The smallest absolute Gasteiger partial charge is 0.336 e. The van der Waals surface area contributed by atoms with Gasteiger partial charge in [0.25, 0.3) is 5.69 Å². The van der Waals surface area contributed by atoms with Crippen molar-refractivity contribution in [3.8, 4) is 22.8 Å². The van der Waals surface area contributed by atoms with Gasteiger partial charge in [-0.1, -0.05) is 26.8 Å². The lowest BCUT2D eigenvalue weighted by atomic mass is 9.82. The van der Waals surface area contributed by atoms with Crippen LogP contribution < -0.4 is 14.8 Å². The number of benzene rings is 2. The van der Waals surface area contributed by atoms with E-state index in [4.69, 9.17) is 14.5 Å². The summed E-state index contributed by atoms with van der Waals surface area (Å²) in [6, 6.07) is 17.1. The molecule has 2 heterocycles. The van der Waals surface area contributed by atoms with Gasteiger partial charge in [0.05, 0.1) is 12.0 Å². The van der Waals surface area contributed by atoms with Crippen LogP contribution in [0.1, 0.15) is 46.6 Å². The Hall–Kier alpha value is -4.66. The Labute approximate surface area is 233 Å². The zero-order chi connectivity index (χ0) is 29.1. The van der Waals surface area contributed by atoms with E-state index in [0.29, 0.717) is 11.3 Å². The highest BCUT2D eigenvalue weighted by Gasteiger charge is 2.28. The van der Waals surface area contributed by atoms with Crippen LogP contribution >= 0.6 is 0 Å². The quantitative estimate of drug-likeness (QED) is 0.0785. The van der Waals surface area contributed by atoms with Crippen molar-refractivity contribution in [1.29, 1.82) is 0 Å². The first-order valence-electron chi connectivity index (χ1n) is 12.9. The lowest BCUT2D eigenvalue weighted by Gasteiger charge is -2.34. The number of nitro groups is 1. The van der Waals surface area contributed by atoms with Gasteiger partial charge in [0.15, 0.2) is 11.5 Å². The molecule has 0 atom stereocenters. The van der Waals surface area contributed by atoms with Crippen LogP contribution in [0.4, 0.5) is 11.5 Å². The molecule has 0 spiro atoms. The Morgan fingerprint density at radius 2 is 1.77 bits per heavy atom. The van der Waals surface area contributed by atoms with Gasteiger partial charge in [-0.3, -0.25) is 14.5 Å². The molecule has 0 saturated heterocycles. The van der Waals surface area contributed by atoms with E-state index in [9.17, 15) is 14.9 Å². The number of fused-ring (bicyclic) bond motifs is 1. The van der Waals surface area contributed by atoms with E-state index in [1.165, 1.54) is 31.4 Å². The van der Waals surface area contributed by atoms with E-state index < -0.39 is 10.9 Å². The SMILES string of the molecule is COc1cc(-c2nc3ccccn3c2NC(C)(C)CC(C)(C)C)ccc1OC(=O)C=Cc1ccc([N+](=O)[O-])cc1. The van der Waals surface area contributed by atoms with E-state index in [2.05, 4.69) is 39.9 Å². The molecule has 0 unspecified atom stereocenters. The second kappa shape index (κ2) is 11.2. The van der Waals surface area contributed by atoms with Gasteiger partial charge < -0.3 is 14.8 Å². The Bertz CT molecular complexity index is 1560. The highest BCUT2D eigenvalue weighted by Crippen LogP contribution is 2.38. The van der Waals surface area contributed by atoms with Crippen molar-refractivity contribution in [2.24, 2.45) is 5.41 Å². The number of imidazole rings is 1. The van der Waals surface area contributed by atoms with Crippen molar-refractivity contribution >= 4 is 29.2 Å². The van der Waals surface area contributed by atoms with Gasteiger partial charge in [0.2, 0.25) is 0 Å². The van der Waals surface area contributed by atoms with Crippen LogP contribution in [0.3, 0.4) is 0 Å². The number of rotatable bonds is 9. The average molecular weight is 543 g/mol. The van der Waals surface area contributed by atoms with Gasteiger partial charge in [-0.25, -0.2) is 9.78 Å². The zero-order valence-electron chi connectivity index (χ0n) is 23.6. The molecule has 4 aromatic rings. The van der Waals surface area contributed by atoms with Crippen molar-refractivity contribution in [3.05, 3.63) is 88.6 Å². The number of hydrogen-bond acceptors (Lipinski definition) is 7. The zero-order valence-corrected chi connectivity index (χ0v) is 23.6. The Balaban J connectivity index is 1.60. The molecule has 0 aliphatic rings. The van der Waals surface area contributed by atoms with Crippen molar-refractivity contribution in [1.82, 2.24) is 9.38 Å². The van der Waals surface area contributed by atoms with Crippen molar-refractivity contribution in [3.63, 3.8) is 0 Å². The third-order valence-electron chi connectivity index (χ3n) is 6.12. The fourth-order valence-corrected chi connectivity index (χ4v) is 4.92. The summed E-state index contributed by atoms with van der Waals surface area (Å²) in [6.45, 7) is 11.0. The largest absolute Gasteiger partial charge is 0.493 e. The van der Waals surface area contributed by atoms with Crippen LogP contribution in [0.15, 0.2) is 72.9 Å². The first-order chi connectivity index (χ1) is 18.8. The highest BCUT2D eigenvalue weighted by atomic mass is 16.6. The lowest BCUT2D eigenvalue weighted by molar-refractivity contribution is -0.384. The van der Waals surface area contributed by atoms with Gasteiger partial charge in [0.1, 0.15) is 17.2 Å². The van der Waals surface area contributed by atoms with E-state index >= 15 is 0 Å². The first-order valence-corrected chi connectivity index (χ1v) is 12.9. The molecular weight excluding hydrogens is 508 g/mol. The maximum Gasteiger partial charge on any atom is 0.336 e. The summed E-state index contributed by atoms with van der Waals surface area (Å²) in [5.74, 6) is 0.897. The molecule has 0 aliphatic heterocycles. The second-order valence-electron chi connectivity index (χ2n) is 11.5. The van der Waals surface area contributed by atoms with E-state index in [1.54, 1.807) is 24.3 Å². The van der Waals surface area contributed by atoms with E-state index in [0.717, 1.165) is 29.1 Å². The topological polar surface area (TPSA) is 108 Å². The molecule has 0 aliphatic carbocycles. The predicted octanol–water partition coefficient (Wildman–Crippen LogP) is 7.16. The number of nitro benzene ring substituents is 1. The highest BCUT2D eigenvalue weighted by molar-refractivity contribution is 5.89. The van der Waals surface area contributed by atoms with Crippen LogP contribution in [0, 0.1) is 15.5 Å². The van der Waals surface area contributed by atoms with Crippen LogP contribution in [0.25, 0.3) is 23.0 Å². The molecular formula is C31H34N4O5. The number of methoxy groups -OCH3 is 1. The van der Waals surface area contributed by atoms with Gasteiger partial charge in [-0.05, 0) is 79.8 Å². The molecule has 0 amide bonds. The van der Waals surface area contributed by atoms with Crippen molar-refractivity contribution < 1.29 is 19.2 Å². The van der Waals surface area contributed by atoms with E-state index in [-0.39, 0.29) is 22.4 Å². The molecule has 2 aromatic carbocycles. The van der Waals surface area contributed by atoms with Crippen LogP contribution in [-0.4, -0.2) is 32.9 Å². The summed E-state index contributed by atoms with van der Waals surface area (Å²) in [6.07, 6.45) is 5.70. The number of anilines is 1. The predicted molar refractivity (Wildman–Crippen MR) is 157 cm³/mol. The molecule has 9 nitrogen and oxygen atoms in total. The third kappa shape index (κ3) is 6.85. The molecule has 9 heteroatoms. The van der Waals surface area contributed by atoms with Gasteiger partial charge >= 0.3 is 5.97 Å². The second-order valence-corrected chi connectivity index (χ2v) is 11.5. The summed E-state index contributed by atoms with van der Waals surface area (Å²) < 4.78 is 13.1. The van der Waals surface area contributed by atoms with Gasteiger partial charge in [0, 0.05) is 35.5 Å². The monoisotopic (exact) mass is 542 g/mol. The maximum absolute atomic E-state index is 12.5. The molecule has 208 valence electrons. The third-order valence-corrected chi connectivity index (χ3v) is 6.12. The first kappa shape index (κ1) is 28.4. The number of ether oxygens (including phenoxy) is 2. The Kier molecular flexibility index (Phi) is 7.95. The summed E-state index contributed by atoms with van der Waals surface area (Å²) in [4.78, 5) is 27.8. The number of non-ortho nitro benzene ring substituents is 1. The van der Waals surface area contributed by atoms with Crippen LogP contribution in [0.5, 0.6) is 11.5 Å². The van der Waals surface area contributed by atoms with Crippen LogP contribution in [-0.2, 0) is 4.79 Å². The van der Waals surface area contributed by atoms with Crippen molar-refractivity contribution in [2.45, 2.75) is 46.6 Å².